The van der Waals surface area contributed by atoms with Crippen LogP contribution in [0.25, 0.3) is 0 Å². The van der Waals surface area contributed by atoms with Gasteiger partial charge in [-0.1, -0.05) is 11.6 Å². The summed E-state index contributed by atoms with van der Waals surface area (Å²) in [6, 6.07) is 3.76. The Morgan fingerprint density at radius 2 is 1.86 bits per heavy atom. The second-order valence-corrected chi connectivity index (χ2v) is 4.97. The number of anilines is 2. The molecule has 2 nitrogen and oxygen atoms in total. The first kappa shape index (κ1) is 11.2. The van der Waals surface area contributed by atoms with Crippen molar-refractivity contribution in [1.82, 2.24) is 0 Å². The van der Waals surface area contributed by atoms with Crippen LogP contribution in [-0.4, -0.2) is 5.54 Å². The SMILES string of the molecule is Cc1cc(NC(C)(C)C)c(N)cc1Cl. The summed E-state index contributed by atoms with van der Waals surface area (Å²) >= 11 is 5.95. The molecule has 0 bridgehead atoms. The molecule has 0 aliphatic rings. The van der Waals surface area contributed by atoms with Gasteiger partial charge in [0, 0.05) is 10.6 Å². The van der Waals surface area contributed by atoms with E-state index < -0.39 is 0 Å². The Hall–Kier alpha value is -0.890. The summed E-state index contributed by atoms with van der Waals surface area (Å²) in [4.78, 5) is 0. The third-order valence-electron chi connectivity index (χ3n) is 1.84. The van der Waals surface area contributed by atoms with Gasteiger partial charge in [0.25, 0.3) is 0 Å². The minimum atomic E-state index is 0.00832. The average molecular weight is 213 g/mol. The second kappa shape index (κ2) is 3.70. The fourth-order valence-electron chi connectivity index (χ4n) is 1.21. The van der Waals surface area contributed by atoms with Crippen LogP contribution < -0.4 is 11.1 Å². The molecule has 3 heteroatoms. The lowest BCUT2D eigenvalue weighted by Gasteiger charge is -2.23. The number of nitrogen functional groups attached to an aromatic ring is 1. The van der Waals surface area contributed by atoms with Crippen LogP contribution >= 0.6 is 11.6 Å². The van der Waals surface area contributed by atoms with Crippen molar-refractivity contribution in [3.05, 3.63) is 22.7 Å². The highest BCUT2D eigenvalue weighted by molar-refractivity contribution is 6.31. The lowest BCUT2D eigenvalue weighted by atomic mass is 10.1. The first-order chi connectivity index (χ1) is 6.29. The van der Waals surface area contributed by atoms with Crippen LogP contribution in [0.5, 0.6) is 0 Å². The molecule has 0 aromatic heterocycles. The van der Waals surface area contributed by atoms with E-state index in [1.807, 2.05) is 13.0 Å². The number of nitrogens with one attached hydrogen (secondary N) is 1. The quantitative estimate of drug-likeness (QED) is 0.700. The molecule has 0 atom stereocenters. The van der Waals surface area contributed by atoms with Gasteiger partial charge in [-0.2, -0.15) is 0 Å². The average Bonchev–Trinajstić information content (AvgIpc) is 1.97. The van der Waals surface area contributed by atoms with Crippen molar-refractivity contribution in [3.8, 4) is 0 Å². The van der Waals surface area contributed by atoms with Crippen molar-refractivity contribution < 1.29 is 0 Å². The number of hydrogen-bond donors (Lipinski definition) is 2. The Morgan fingerprint density at radius 3 is 2.36 bits per heavy atom. The lowest BCUT2D eigenvalue weighted by Crippen LogP contribution is -2.26. The third kappa shape index (κ3) is 2.81. The Balaban J connectivity index is 3.04. The molecule has 14 heavy (non-hydrogen) atoms. The van der Waals surface area contributed by atoms with Crippen LogP contribution in [0.2, 0.25) is 5.02 Å². The van der Waals surface area contributed by atoms with Gasteiger partial charge in [-0.15, -0.1) is 0 Å². The molecule has 1 rings (SSSR count). The van der Waals surface area contributed by atoms with E-state index in [-0.39, 0.29) is 5.54 Å². The van der Waals surface area contributed by atoms with Crippen molar-refractivity contribution >= 4 is 23.0 Å². The monoisotopic (exact) mass is 212 g/mol. The van der Waals surface area contributed by atoms with E-state index in [9.17, 15) is 0 Å². The minimum Gasteiger partial charge on any atom is -0.397 e. The summed E-state index contributed by atoms with van der Waals surface area (Å²) in [5.74, 6) is 0. The molecule has 1 aromatic carbocycles. The first-order valence-electron chi connectivity index (χ1n) is 4.63. The van der Waals surface area contributed by atoms with E-state index in [0.717, 1.165) is 11.3 Å². The molecule has 1 aromatic rings. The summed E-state index contributed by atoms with van der Waals surface area (Å²) in [5, 5.41) is 4.04. The maximum absolute atomic E-state index is 5.95. The molecule has 0 amide bonds. The molecule has 0 radical (unpaired) electrons. The van der Waals surface area contributed by atoms with E-state index >= 15 is 0 Å². The van der Waals surface area contributed by atoms with Gasteiger partial charge < -0.3 is 11.1 Å². The van der Waals surface area contributed by atoms with Crippen molar-refractivity contribution in [3.63, 3.8) is 0 Å². The Morgan fingerprint density at radius 1 is 1.29 bits per heavy atom. The van der Waals surface area contributed by atoms with Crippen molar-refractivity contribution in [2.75, 3.05) is 11.1 Å². The van der Waals surface area contributed by atoms with E-state index in [2.05, 4.69) is 26.1 Å². The number of benzene rings is 1. The normalized spacial score (nSPS) is 11.5. The standard InChI is InChI=1S/C11H17ClN2/c1-7-5-10(14-11(2,3)4)9(13)6-8(7)12/h5-6,14H,13H2,1-4H3. The zero-order valence-electron chi connectivity index (χ0n) is 9.11. The molecule has 0 heterocycles. The molecule has 0 spiro atoms. The highest BCUT2D eigenvalue weighted by atomic mass is 35.5. The second-order valence-electron chi connectivity index (χ2n) is 4.56. The third-order valence-corrected chi connectivity index (χ3v) is 2.25. The summed E-state index contributed by atoms with van der Waals surface area (Å²) in [6.45, 7) is 8.25. The van der Waals surface area contributed by atoms with Crippen LogP contribution in [0.15, 0.2) is 12.1 Å². The molecule has 0 saturated carbocycles. The molecule has 0 saturated heterocycles. The zero-order valence-corrected chi connectivity index (χ0v) is 9.87. The first-order valence-corrected chi connectivity index (χ1v) is 5.01. The van der Waals surface area contributed by atoms with Crippen LogP contribution in [-0.2, 0) is 0 Å². The maximum Gasteiger partial charge on any atom is 0.0581 e. The number of nitrogens with two attached hydrogens (primary N) is 1. The van der Waals surface area contributed by atoms with Gasteiger partial charge in [0.05, 0.1) is 11.4 Å². The molecule has 0 aliphatic carbocycles. The maximum atomic E-state index is 5.95. The minimum absolute atomic E-state index is 0.00832. The number of hydrogen-bond acceptors (Lipinski definition) is 2. The predicted molar refractivity (Wildman–Crippen MR) is 64.0 cm³/mol. The van der Waals surface area contributed by atoms with E-state index in [1.54, 1.807) is 6.07 Å². The Kier molecular flexibility index (Phi) is 2.95. The summed E-state index contributed by atoms with van der Waals surface area (Å²) in [5.41, 5.74) is 8.53. The highest BCUT2D eigenvalue weighted by Crippen LogP contribution is 2.28. The van der Waals surface area contributed by atoms with Crippen molar-refractivity contribution in [2.24, 2.45) is 0 Å². The number of halogens is 1. The lowest BCUT2D eigenvalue weighted by molar-refractivity contribution is 0.634. The summed E-state index contributed by atoms with van der Waals surface area (Å²) < 4.78 is 0. The Labute approximate surface area is 90.4 Å². The molecule has 0 unspecified atom stereocenters. The van der Waals surface area contributed by atoms with Gasteiger partial charge in [0.1, 0.15) is 0 Å². The predicted octanol–water partition coefficient (Wildman–Crippen LogP) is 3.44. The zero-order chi connectivity index (χ0) is 10.9. The van der Waals surface area contributed by atoms with E-state index in [4.69, 9.17) is 17.3 Å². The van der Waals surface area contributed by atoms with Gasteiger partial charge in [-0.3, -0.25) is 0 Å². The molecular formula is C11H17ClN2. The number of rotatable bonds is 1. The molecule has 0 aliphatic heterocycles. The number of aryl methyl sites for hydroxylation is 1. The fourth-order valence-corrected chi connectivity index (χ4v) is 1.38. The van der Waals surface area contributed by atoms with Gasteiger partial charge in [0.2, 0.25) is 0 Å². The van der Waals surface area contributed by atoms with Crippen LogP contribution in [0.3, 0.4) is 0 Å². The van der Waals surface area contributed by atoms with E-state index in [0.29, 0.717) is 10.7 Å². The van der Waals surface area contributed by atoms with Crippen molar-refractivity contribution in [2.45, 2.75) is 33.2 Å². The topological polar surface area (TPSA) is 38.0 Å². The van der Waals surface area contributed by atoms with Gasteiger partial charge >= 0.3 is 0 Å². The molecule has 0 fully saturated rings. The van der Waals surface area contributed by atoms with Crippen LogP contribution in [0.4, 0.5) is 11.4 Å². The van der Waals surface area contributed by atoms with Gasteiger partial charge in [-0.25, -0.2) is 0 Å². The summed E-state index contributed by atoms with van der Waals surface area (Å²) in [6.07, 6.45) is 0. The van der Waals surface area contributed by atoms with Crippen molar-refractivity contribution in [1.29, 1.82) is 0 Å². The van der Waals surface area contributed by atoms with Gasteiger partial charge in [-0.05, 0) is 45.4 Å². The van der Waals surface area contributed by atoms with E-state index in [1.165, 1.54) is 0 Å². The molecule has 78 valence electrons. The van der Waals surface area contributed by atoms with Crippen LogP contribution in [0, 0.1) is 6.92 Å². The molecule has 3 N–H and O–H groups in total. The fraction of sp³-hybridized carbons (Fsp3) is 0.455. The van der Waals surface area contributed by atoms with Crippen LogP contribution in [0.1, 0.15) is 26.3 Å². The summed E-state index contributed by atoms with van der Waals surface area (Å²) in [7, 11) is 0. The Bertz CT molecular complexity index is 340. The smallest absolute Gasteiger partial charge is 0.0581 e. The van der Waals surface area contributed by atoms with Gasteiger partial charge in [0.15, 0.2) is 0 Å². The largest absolute Gasteiger partial charge is 0.397 e. The highest BCUT2D eigenvalue weighted by Gasteiger charge is 2.12. The molecular weight excluding hydrogens is 196 g/mol.